The SMILES string of the molecule is CC(C)C[C@H]1C(=O)O[C@H](Cc2ccc(N3CC4CC(C3)O4)cc2)C(=O)N(C)[C@@H](CC(C)C)C(=O)O[C@H](C)C(=O)N(C)[C@@H](CC(C)C)C(=O)O[C@H](Cc2ccc(N3CC4CC(C3)O4)cc2)C(=O)N(C)[C@@H](CC(C)C)C(=O)O[C@H](C)C(=O)N1C. The predicted molar refractivity (Wildman–Crippen MR) is 306 cm³/mol. The van der Waals surface area contributed by atoms with Gasteiger partial charge in [0, 0.05) is 91.4 Å². The van der Waals surface area contributed by atoms with Gasteiger partial charge in [0.25, 0.3) is 23.6 Å². The molecule has 2 aromatic rings. The van der Waals surface area contributed by atoms with Crippen LogP contribution in [-0.4, -0.2) is 194 Å². The van der Waals surface area contributed by atoms with Gasteiger partial charge in [-0.15, -0.1) is 0 Å². The largest absolute Gasteiger partial charge is 0.451 e. The number of carbonyl (C=O) groups is 8. The van der Waals surface area contributed by atoms with Crippen molar-refractivity contribution in [2.75, 3.05) is 64.2 Å². The van der Waals surface area contributed by atoms with Crippen LogP contribution in [0.15, 0.2) is 48.5 Å². The zero-order valence-electron chi connectivity index (χ0n) is 50.7. The van der Waals surface area contributed by atoms with E-state index >= 15 is 9.59 Å². The predicted octanol–water partition coefficient (Wildman–Crippen LogP) is 5.62. The van der Waals surface area contributed by atoms with Crippen LogP contribution < -0.4 is 9.80 Å². The molecule has 7 fully saturated rings. The van der Waals surface area contributed by atoms with Gasteiger partial charge in [0.1, 0.15) is 24.2 Å². The van der Waals surface area contributed by atoms with Crippen molar-refractivity contribution in [1.29, 1.82) is 0 Å². The molecule has 7 aliphatic heterocycles. The molecule has 0 spiro atoms. The third-order valence-corrected chi connectivity index (χ3v) is 16.4. The number of esters is 4. The lowest BCUT2D eigenvalue weighted by molar-refractivity contribution is -0.176. The molecule has 2 aromatic carbocycles. The number of nitrogens with zero attached hydrogens (tertiary/aromatic N) is 6. The van der Waals surface area contributed by atoms with Gasteiger partial charge in [0.15, 0.2) is 24.4 Å². The van der Waals surface area contributed by atoms with Gasteiger partial charge >= 0.3 is 23.9 Å². The standard InChI is InChI=1S/C62H90N6O14/c1-35(2)23-49-59(73)77-39(9)55(69)63(11)52(26-38(7)8)62(76)82-54(28-42-17-21-44(22-18-42)68-33-47-30-48(34-68)80-47)58(72)66(14)50(24-36(3)4)60(74)78-40(10)56(70)64(12)51(25-37(5)6)61(75)81-53(57(71)65(49)13)27-41-15-19-43(20-16-41)67-31-45-29-46(32-67)79-45/h15-22,35-40,45-54H,23-34H2,1-14H3/t39-,40-,45?,46?,47?,48?,49+,50+,51+,52+,53-,54-/m1/s1. The van der Waals surface area contributed by atoms with E-state index in [1.165, 1.54) is 51.8 Å². The highest BCUT2D eigenvalue weighted by Crippen LogP contribution is 2.34. The van der Waals surface area contributed by atoms with Gasteiger partial charge in [0.2, 0.25) is 0 Å². The number of ether oxygens (including phenoxy) is 6. The van der Waals surface area contributed by atoms with E-state index in [4.69, 9.17) is 28.4 Å². The monoisotopic (exact) mass is 1140 g/mol. The number of piperidine rings is 2. The third-order valence-electron chi connectivity index (χ3n) is 16.4. The van der Waals surface area contributed by atoms with E-state index in [0.29, 0.717) is 11.1 Å². The number of carbonyl (C=O) groups excluding carboxylic acids is 8. The van der Waals surface area contributed by atoms with E-state index in [0.717, 1.165) is 60.2 Å². The fourth-order valence-electron chi connectivity index (χ4n) is 11.7. The molecule has 4 bridgehead atoms. The van der Waals surface area contributed by atoms with Crippen molar-refractivity contribution in [3.05, 3.63) is 59.7 Å². The minimum Gasteiger partial charge on any atom is -0.451 e. The Morgan fingerprint density at radius 3 is 0.890 bits per heavy atom. The summed E-state index contributed by atoms with van der Waals surface area (Å²) in [6.07, 6.45) is -3.02. The number of cyclic esters (lactones) is 4. The first kappa shape index (κ1) is 63.3. The van der Waals surface area contributed by atoms with Crippen molar-refractivity contribution in [2.24, 2.45) is 23.7 Å². The Hall–Kier alpha value is -6.28. The summed E-state index contributed by atoms with van der Waals surface area (Å²) >= 11 is 0. The number of rotatable bonds is 14. The summed E-state index contributed by atoms with van der Waals surface area (Å²) < 4.78 is 36.0. The number of hydrogen-bond donors (Lipinski definition) is 0. The van der Waals surface area contributed by atoms with E-state index in [2.05, 4.69) is 9.80 Å². The summed E-state index contributed by atoms with van der Waals surface area (Å²) in [7, 11) is 5.64. The van der Waals surface area contributed by atoms with E-state index in [1.54, 1.807) is 0 Å². The molecule has 9 rings (SSSR count). The normalized spacial score (nSPS) is 29.6. The molecule has 4 unspecified atom stereocenters. The summed E-state index contributed by atoms with van der Waals surface area (Å²) in [5.74, 6) is -7.24. The molecule has 0 aromatic heterocycles. The number of benzene rings is 2. The average Bonchev–Trinajstić information content (AvgIpc) is 3.51. The van der Waals surface area contributed by atoms with Crippen LogP contribution in [0.4, 0.5) is 11.4 Å². The Bertz CT molecular complexity index is 2370. The van der Waals surface area contributed by atoms with Gasteiger partial charge in [-0.2, -0.15) is 0 Å². The second-order valence-corrected chi connectivity index (χ2v) is 25.2. The Morgan fingerprint density at radius 1 is 0.390 bits per heavy atom. The molecule has 4 amide bonds. The van der Waals surface area contributed by atoms with Crippen LogP contribution in [0.2, 0.25) is 0 Å². The summed E-state index contributed by atoms with van der Waals surface area (Å²) in [6.45, 7) is 20.7. The van der Waals surface area contributed by atoms with Crippen molar-refractivity contribution in [3.8, 4) is 0 Å². The molecule has 20 nitrogen and oxygen atoms in total. The Labute approximate surface area is 484 Å². The maximum absolute atomic E-state index is 15.1. The molecule has 0 aliphatic carbocycles. The van der Waals surface area contributed by atoms with Crippen molar-refractivity contribution in [1.82, 2.24) is 19.6 Å². The molecule has 82 heavy (non-hydrogen) atoms. The first-order chi connectivity index (χ1) is 38.7. The molecule has 7 aliphatic rings. The lowest BCUT2D eigenvalue weighted by Crippen LogP contribution is -2.57. The minimum absolute atomic E-state index is 0.0968. The molecule has 452 valence electrons. The first-order valence-electron chi connectivity index (χ1n) is 29.5. The van der Waals surface area contributed by atoms with Gasteiger partial charge in [-0.1, -0.05) is 79.7 Å². The van der Waals surface area contributed by atoms with Crippen molar-refractivity contribution >= 4 is 58.9 Å². The van der Waals surface area contributed by atoms with Gasteiger partial charge in [0.05, 0.1) is 24.4 Å². The highest BCUT2D eigenvalue weighted by Gasteiger charge is 2.44. The van der Waals surface area contributed by atoms with Gasteiger partial charge < -0.3 is 57.8 Å². The fraction of sp³-hybridized carbons (Fsp3) is 0.677. The Balaban J connectivity index is 1.24. The van der Waals surface area contributed by atoms with E-state index in [1.807, 2.05) is 104 Å². The van der Waals surface area contributed by atoms with Crippen LogP contribution in [0, 0.1) is 23.7 Å². The summed E-state index contributed by atoms with van der Waals surface area (Å²) in [6, 6.07) is 10.1. The first-order valence-corrected chi connectivity index (χ1v) is 29.5. The average molecular weight is 1140 g/mol. The van der Waals surface area contributed by atoms with Crippen LogP contribution >= 0.6 is 0 Å². The Kier molecular flexibility index (Phi) is 21.2. The number of fused-ring (bicyclic) bond motifs is 4. The molecule has 7 heterocycles. The Morgan fingerprint density at radius 2 is 0.634 bits per heavy atom. The van der Waals surface area contributed by atoms with E-state index in [9.17, 15) is 28.8 Å². The fourth-order valence-corrected chi connectivity index (χ4v) is 11.7. The van der Waals surface area contributed by atoms with Crippen molar-refractivity contribution in [3.63, 3.8) is 0 Å². The maximum Gasteiger partial charge on any atom is 0.329 e. The smallest absolute Gasteiger partial charge is 0.329 e. The highest BCUT2D eigenvalue weighted by atomic mass is 16.6. The summed E-state index contributed by atoms with van der Waals surface area (Å²) in [5.41, 5.74) is 3.25. The summed E-state index contributed by atoms with van der Waals surface area (Å²) in [5, 5.41) is 0. The van der Waals surface area contributed by atoms with Gasteiger partial charge in [-0.25, -0.2) is 19.2 Å². The highest BCUT2D eigenvalue weighted by molar-refractivity contribution is 5.94. The second kappa shape index (κ2) is 27.4. The molecule has 12 atom stereocenters. The number of likely N-dealkylation sites (N-methyl/N-ethyl adjacent to an activating group) is 4. The van der Waals surface area contributed by atoms with Crippen LogP contribution in [0.5, 0.6) is 0 Å². The number of anilines is 2. The molecule has 7 saturated heterocycles. The zero-order chi connectivity index (χ0) is 60.0. The second-order valence-electron chi connectivity index (χ2n) is 25.2. The quantitative estimate of drug-likeness (QED) is 0.166. The molecule has 0 N–H and O–H groups in total. The van der Waals surface area contributed by atoms with Crippen LogP contribution in [-0.2, 0) is 79.6 Å². The molecular weight excluding hydrogens is 1050 g/mol. The van der Waals surface area contributed by atoms with Gasteiger partial charge in [-0.3, -0.25) is 19.2 Å². The topological polar surface area (TPSA) is 211 Å². The number of morpholine rings is 2. The number of hydrogen-bond acceptors (Lipinski definition) is 16. The zero-order valence-corrected chi connectivity index (χ0v) is 50.7. The van der Waals surface area contributed by atoms with Gasteiger partial charge in [-0.05, 0) is 98.6 Å². The van der Waals surface area contributed by atoms with Crippen molar-refractivity contribution < 1.29 is 66.8 Å². The van der Waals surface area contributed by atoms with E-state index in [-0.39, 0.29) is 86.6 Å². The third kappa shape index (κ3) is 15.7. The molecular formula is C62H90N6O14. The summed E-state index contributed by atoms with van der Waals surface area (Å²) in [4.78, 5) is 127. The molecule has 0 radical (unpaired) electrons. The van der Waals surface area contributed by atoms with Crippen molar-refractivity contribution in [2.45, 2.75) is 194 Å². The van der Waals surface area contributed by atoms with Crippen LogP contribution in [0.3, 0.4) is 0 Å². The minimum atomic E-state index is -1.51. The van der Waals surface area contributed by atoms with E-state index < -0.39 is 96.1 Å². The molecule has 0 saturated carbocycles. The van der Waals surface area contributed by atoms with Crippen LogP contribution in [0.25, 0.3) is 0 Å². The lowest BCUT2D eigenvalue weighted by atomic mass is 9.97. The van der Waals surface area contributed by atoms with Crippen LogP contribution in [0.1, 0.15) is 119 Å². The molecule has 20 heteroatoms. The lowest BCUT2D eigenvalue weighted by Gasteiger charge is -2.48. The number of amides is 4. The maximum atomic E-state index is 15.1.